The Hall–Kier alpha value is -7.26. The third-order valence-corrected chi connectivity index (χ3v) is 11.2. The molecule has 7 aromatic carbocycles. The van der Waals surface area contributed by atoms with Gasteiger partial charge < -0.3 is 0 Å². The Balaban J connectivity index is 1.15. The van der Waals surface area contributed by atoms with Crippen molar-refractivity contribution in [3.05, 3.63) is 188 Å². The minimum Gasteiger partial charge on any atom is -0.258 e. The molecule has 0 spiro atoms. The van der Waals surface area contributed by atoms with Crippen LogP contribution in [0.1, 0.15) is 66.8 Å². The Morgan fingerprint density at radius 1 is 0.370 bits per heavy atom. The van der Waals surface area contributed by atoms with E-state index in [2.05, 4.69) is 36.4 Å². The van der Waals surface area contributed by atoms with E-state index in [9.17, 15) is 30.3 Å². The van der Waals surface area contributed by atoms with Gasteiger partial charge in [0.15, 0.2) is 0 Å². The summed E-state index contributed by atoms with van der Waals surface area (Å²) < 4.78 is 0. The standard InChI is InChI=1S/C45H27N3O6/c49-46(50)34-13-4-25(5-14-34)1-10-28-19-31-23-38-30(12-3-27-8-17-36(18-9-27)48(53)54)21-33-24-39-29(11-2-26-6-15-35(16-7-26)47(51)52)20-32-22-37(28)43-40(31)44(38)42(33)45(39)41(32)43/h1-21H,22-24H2/b10-1+,11-2+,12-3+. The van der Waals surface area contributed by atoms with Gasteiger partial charge in [0.05, 0.1) is 14.8 Å². The molecular formula is C45H27N3O6. The molecule has 0 radical (unpaired) electrons. The lowest BCUT2D eigenvalue weighted by atomic mass is 9.91. The van der Waals surface area contributed by atoms with Crippen molar-refractivity contribution < 1.29 is 14.8 Å². The van der Waals surface area contributed by atoms with Gasteiger partial charge >= 0.3 is 0 Å². The minimum absolute atomic E-state index is 0.0572. The topological polar surface area (TPSA) is 129 Å². The molecule has 9 heteroatoms. The van der Waals surface area contributed by atoms with Crippen molar-refractivity contribution in [1.82, 2.24) is 0 Å². The first kappa shape index (κ1) is 31.5. The molecule has 9 nitrogen and oxygen atoms in total. The molecule has 0 fully saturated rings. The van der Waals surface area contributed by atoms with Gasteiger partial charge in [-0.25, -0.2) is 0 Å². The molecule has 54 heavy (non-hydrogen) atoms. The second kappa shape index (κ2) is 11.6. The van der Waals surface area contributed by atoms with Gasteiger partial charge in [0.1, 0.15) is 0 Å². The predicted octanol–water partition coefficient (Wildman–Crippen LogP) is 11.1. The van der Waals surface area contributed by atoms with Crippen LogP contribution in [0.2, 0.25) is 0 Å². The van der Waals surface area contributed by atoms with Crippen LogP contribution in [-0.4, -0.2) is 14.8 Å². The van der Waals surface area contributed by atoms with Crippen LogP contribution >= 0.6 is 0 Å². The Kier molecular flexibility index (Phi) is 6.78. The minimum atomic E-state index is -0.392. The maximum atomic E-state index is 11.2. The Morgan fingerprint density at radius 2 is 0.630 bits per heavy atom. The van der Waals surface area contributed by atoms with Crippen molar-refractivity contribution in [2.45, 2.75) is 19.3 Å². The summed E-state index contributed by atoms with van der Waals surface area (Å²) in [7, 11) is 0. The first-order valence-corrected chi connectivity index (χ1v) is 17.6. The highest BCUT2D eigenvalue weighted by molar-refractivity contribution is 6.34. The van der Waals surface area contributed by atoms with Crippen LogP contribution in [0.4, 0.5) is 17.1 Å². The molecule has 0 amide bonds. The van der Waals surface area contributed by atoms with Crippen molar-refractivity contribution >= 4 is 85.8 Å². The van der Waals surface area contributed by atoms with Crippen molar-refractivity contribution in [3.63, 3.8) is 0 Å². The average Bonchev–Trinajstić information content (AvgIpc) is 3.87. The summed E-state index contributed by atoms with van der Waals surface area (Å²) in [6.45, 7) is 0. The molecule has 0 unspecified atom stereocenters. The highest BCUT2D eigenvalue weighted by Gasteiger charge is 2.34. The summed E-state index contributed by atoms with van der Waals surface area (Å²) in [6, 6.07) is 26.7. The zero-order valence-corrected chi connectivity index (χ0v) is 28.5. The molecule has 3 aliphatic carbocycles. The fourth-order valence-electron chi connectivity index (χ4n) is 8.78. The van der Waals surface area contributed by atoms with E-state index in [1.807, 2.05) is 18.2 Å². The Bertz CT molecular complexity index is 2610. The van der Waals surface area contributed by atoms with Gasteiger partial charge in [0.25, 0.3) is 17.1 Å². The quantitative estimate of drug-likeness (QED) is 0.0636. The molecule has 0 aliphatic heterocycles. The largest absolute Gasteiger partial charge is 0.269 e. The summed E-state index contributed by atoms with van der Waals surface area (Å²) in [6.07, 6.45) is 14.8. The molecule has 0 heterocycles. The van der Waals surface area contributed by atoms with E-state index in [4.69, 9.17) is 0 Å². The Morgan fingerprint density at radius 3 is 0.870 bits per heavy atom. The fraction of sp³-hybridized carbons (Fsp3) is 0.0667. The highest BCUT2D eigenvalue weighted by atomic mass is 16.6. The second-order valence-corrected chi connectivity index (χ2v) is 14.1. The van der Waals surface area contributed by atoms with Crippen LogP contribution in [-0.2, 0) is 19.3 Å². The third kappa shape index (κ3) is 4.79. The normalized spacial score (nSPS) is 13.6. The average molecular weight is 706 g/mol. The van der Waals surface area contributed by atoms with Crippen molar-refractivity contribution in [1.29, 1.82) is 0 Å². The van der Waals surface area contributed by atoms with Gasteiger partial charge in [-0.1, -0.05) is 54.7 Å². The molecule has 3 aliphatic rings. The van der Waals surface area contributed by atoms with E-state index >= 15 is 0 Å². The zero-order valence-electron chi connectivity index (χ0n) is 28.5. The smallest absolute Gasteiger partial charge is 0.258 e. The molecule has 7 aromatic rings. The first-order valence-electron chi connectivity index (χ1n) is 17.6. The summed E-state index contributed by atoms with van der Waals surface area (Å²) >= 11 is 0. The molecule has 10 rings (SSSR count). The predicted molar refractivity (Wildman–Crippen MR) is 213 cm³/mol. The molecule has 258 valence electrons. The molecule has 0 N–H and O–H groups in total. The van der Waals surface area contributed by atoms with Gasteiger partial charge in [-0.05, 0) is 155 Å². The number of nitro benzene ring substituents is 3. The lowest BCUT2D eigenvalue weighted by Crippen LogP contribution is -1.91. The number of rotatable bonds is 9. The van der Waals surface area contributed by atoms with E-state index in [-0.39, 0.29) is 17.1 Å². The van der Waals surface area contributed by atoms with Gasteiger partial charge in [0, 0.05) is 36.4 Å². The SMILES string of the molecule is O=[N+]([O-])c1ccc(/C=C/c2cc3c4c5c2Cc2cc(/C=C/c6ccc([N+](=O)[O-])cc6)c6c(c25)c2c(cc(/C=C/c5ccc([N+](=O)[O-])cc5)c(c42)C3)C6)cc1. The number of nitrogens with zero attached hydrogens (tertiary/aromatic N) is 3. The van der Waals surface area contributed by atoms with Crippen LogP contribution in [0, 0.1) is 30.3 Å². The second-order valence-electron chi connectivity index (χ2n) is 14.1. The van der Waals surface area contributed by atoms with E-state index < -0.39 is 14.8 Å². The van der Waals surface area contributed by atoms with Crippen LogP contribution in [0.5, 0.6) is 0 Å². The third-order valence-electron chi connectivity index (χ3n) is 11.2. The van der Waals surface area contributed by atoms with Gasteiger partial charge in [-0.3, -0.25) is 30.3 Å². The maximum absolute atomic E-state index is 11.2. The summed E-state index contributed by atoms with van der Waals surface area (Å²) in [5.74, 6) is 0. The van der Waals surface area contributed by atoms with E-state index in [1.54, 1.807) is 36.4 Å². The van der Waals surface area contributed by atoms with Crippen molar-refractivity contribution in [3.8, 4) is 0 Å². The maximum Gasteiger partial charge on any atom is 0.269 e. The molecule has 0 saturated heterocycles. The molecule has 0 aromatic heterocycles. The fourth-order valence-corrected chi connectivity index (χ4v) is 8.78. The van der Waals surface area contributed by atoms with E-state index in [1.165, 1.54) is 102 Å². The number of hydrogen-bond donors (Lipinski definition) is 0. The zero-order chi connectivity index (χ0) is 36.8. The number of non-ortho nitro benzene ring substituents is 3. The molecule has 0 bridgehead atoms. The van der Waals surface area contributed by atoms with Crippen LogP contribution < -0.4 is 0 Å². The molecule has 0 saturated carbocycles. The lowest BCUT2D eigenvalue weighted by molar-refractivity contribution is -0.385. The number of benzene rings is 7. The summed E-state index contributed by atoms with van der Waals surface area (Å²) in [5.41, 5.74) is 13.9. The van der Waals surface area contributed by atoms with Gasteiger partial charge in [-0.15, -0.1) is 0 Å². The first-order chi connectivity index (χ1) is 26.2. The summed E-state index contributed by atoms with van der Waals surface area (Å²) in [5, 5.41) is 41.6. The van der Waals surface area contributed by atoms with E-state index in [0.717, 1.165) is 52.6 Å². The molecule has 0 atom stereocenters. The van der Waals surface area contributed by atoms with Crippen LogP contribution in [0.25, 0.3) is 68.8 Å². The Labute approximate surface area is 307 Å². The summed E-state index contributed by atoms with van der Waals surface area (Å²) in [4.78, 5) is 32.5. The van der Waals surface area contributed by atoms with Crippen molar-refractivity contribution in [2.24, 2.45) is 0 Å². The van der Waals surface area contributed by atoms with E-state index in [0.29, 0.717) is 0 Å². The van der Waals surface area contributed by atoms with Crippen molar-refractivity contribution in [2.75, 3.05) is 0 Å². The number of nitro groups is 3. The van der Waals surface area contributed by atoms with Gasteiger partial charge in [-0.2, -0.15) is 0 Å². The molecular weight excluding hydrogens is 679 g/mol. The highest BCUT2D eigenvalue weighted by Crippen LogP contribution is 2.55. The van der Waals surface area contributed by atoms with Gasteiger partial charge in [0.2, 0.25) is 0 Å². The van der Waals surface area contributed by atoms with Crippen LogP contribution in [0.3, 0.4) is 0 Å². The monoisotopic (exact) mass is 705 g/mol. The van der Waals surface area contributed by atoms with Crippen LogP contribution in [0.15, 0.2) is 91.0 Å². The number of hydrogen-bond acceptors (Lipinski definition) is 6. The lowest BCUT2D eigenvalue weighted by Gasteiger charge is -2.12.